The number of aliphatic carboxylic acids is 1. The molecule has 1 aromatic rings. The molecule has 0 unspecified atom stereocenters. The van der Waals surface area contributed by atoms with Crippen LogP contribution in [0.3, 0.4) is 0 Å². The molecule has 3 rings (SSSR count). The average Bonchev–Trinajstić information content (AvgIpc) is 3.03. The third kappa shape index (κ3) is 2.50. The lowest BCUT2D eigenvalue weighted by Gasteiger charge is -2.30. The quantitative estimate of drug-likeness (QED) is 0.926. The molecular formula is C15H14ClFNO3-. The van der Waals surface area contributed by atoms with Gasteiger partial charge in [0.1, 0.15) is 5.82 Å². The van der Waals surface area contributed by atoms with E-state index in [1.807, 2.05) is 0 Å². The van der Waals surface area contributed by atoms with Gasteiger partial charge in [-0.2, -0.15) is 0 Å². The van der Waals surface area contributed by atoms with Crippen LogP contribution < -0.4 is 10.4 Å². The van der Waals surface area contributed by atoms with Gasteiger partial charge in [0.15, 0.2) is 0 Å². The second-order valence-corrected chi connectivity index (χ2v) is 6.23. The van der Waals surface area contributed by atoms with Gasteiger partial charge in [0, 0.05) is 23.5 Å². The van der Waals surface area contributed by atoms with E-state index in [1.54, 1.807) is 0 Å². The third-order valence-corrected chi connectivity index (χ3v) is 4.97. The number of hydrogen-bond donors (Lipinski definition) is 1. The number of amides is 1. The highest BCUT2D eigenvalue weighted by Crippen LogP contribution is 2.52. The number of carboxylic acids is 1. The monoisotopic (exact) mass is 310 g/mol. The van der Waals surface area contributed by atoms with E-state index in [0.717, 1.165) is 25.3 Å². The molecule has 6 heteroatoms. The molecule has 2 fully saturated rings. The van der Waals surface area contributed by atoms with Crippen LogP contribution in [0.25, 0.3) is 0 Å². The predicted octanol–water partition coefficient (Wildman–Crippen LogP) is 1.83. The van der Waals surface area contributed by atoms with E-state index in [-0.39, 0.29) is 22.8 Å². The number of nitrogens with one attached hydrogen (secondary N) is 1. The van der Waals surface area contributed by atoms with Crippen molar-refractivity contribution in [2.45, 2.75) is 19.3 Å². The van der Waals surface area contributed by atoms with Crippen LogP contribution in [0, 0.1) is 29.5 Å². The number of carbonyl (C=O) groups excluding carboxylic acids is 2. The number of anilines is 1. The van der Waals surface area contributed by atoms with Crippen molar-refractivity contribution in [3.05, 3.63) is 29.0 Å². The molecule has 1 N–H and O–H groups in total. The van der Waals surface area contributed by atoms with Crippen molar-refractivity contribution in [2.75, 3.05) is 5.32 Å². The fraction of sp³-hybridized carbons (Fsp3) is 0.467. The molecule has 4 nitrogen and oxygen atoms in total. The van der Waals surface area contributed by atoms with Crippen molar-refractivity contribution >= 4 is 29.2 Å². The van der Waals surface area contributed by atoms with Gasteiger partial charge < -0.3 is 15.2 Å². The first-order chi connectivity index (χ1) is 9.97. The first-order valence-corrected chi connectivity index (χ1v) is 7.32. The van der Waals surface area contributed by atoms with E-state index in [0.29, 0.717) is 5.69 Å². The number of rotatable bonds is 3. The minimum Gasteiger partial charge on any atom is -0.550 e. The number of halogens is 2. The summed E-state index contributed by atoms with van der Waals surface area (Å²) in [6.07, 6.45) is 2.48. The standard InChI is InChI=1S/C15H15ClFNO3/c16-10-6-9(3-4-11(10)17)18-14(19)12-7-1-2-8(5-7)13(12)15(20)21/h3-4,6-8,12-13H,1-2,5H2,(H,18,19)(H,20,21)/p-1/t7-,8-,12-,13-/m1/s1. The molecule has 4 atom stereocenters. The van der Waals surface area contributed by atoms with Crippen LogP contribution in [0.2, 0.25) is 5.02 Å². The average molecular weight is 311 g/mol. The van der Waals surface area contributed by atoms with E-state index in [1.165, 1.54) is 12.1 Å². The molecule has 21 heavy (non-hydrogen) atoms. The van der Waals surface area contributed by atoms with Crippen LogP contribution in [0.1, 0.15) is 19.3 Å². The Morgan fingerprint density at radius 2 is 1.90 bits per heavy atom. The van der Waals surface area contributed by atoms with Gasteiger partial charge in [0.25, 0.3) is 0 Å². The Hall–Kier alpha value is -1.62. The maximum absolute atomic E-state index is 13.1. The molecule has 2 saturated carbocycles. The molecule has 0 aromatic heterocycles. The number of carboxylic acid groups (broad SMARTS) is 1. The largest absolute Gasteiger partial charge is 0.550 e. The van der Waals surface area contributed by atoms with E-state index in [2.05, 4.69) is 5.32 Å². The first kappa shape index (κ1) is 14.3. The summed E-state index contributed by atoms with van der Waals surface area (Å²) in [6.45, 7) is 0. The summed E-state index contributed by atoms with van der Waals surface area (Å²) in [7, 11) is 0. The lowest BCUT2D eigenvalue weighted by atomic mass is 9.78. The molecule has 112 valence electrons. The number of carbonyl (C=O) groups is 2. The molecule has 0 aliphatic heterocycles. The lowest BCUT2D eigenvalue weighted by Crippen LogP contribution is -2.43. The van der Waals surface area contributed by atoms with Crippen LogP contribution in [0.4, 0.5) is 10.1 Å². The summed E-state index contributed by atoms with van der Waals surface area (Å²) >= 11 is 5.67. The molecule has 0 spiro atoms. The fourth-order valence-corrected chi connectivity index (χ4v) is 3.99. The molecule has 0 radical (unpaired) electrons. The van der Waals surface area contributed by atoms with Gasteiger partial charge in [0.05, 0.1) is 5.02 Å². The van der Waals surface area contributed by atoms with Gasteiger partial charge in [-0.05, 0) is 49.3 Å². The summed E-state index contributed by atoms with van der Waals surface area (Å²) < 4.78 is 13.1. The molecule has 1 aromatic carbocycles. The minimum atomic E-state index is -1.15. The topological polar surface area (TPSA) is 69.2 Å². The molecule has 2 aliphatic carbocycles. The summed E-state index contributed by atoms with van der Waals surface area (Å²) in [6, 6.07) is 3.88. The highest BCUT2D eigenvalue weighted by atomic mass is 35.5. The zero-order valence-corrected chi connectivity index (χ0v) is 11.9. The highest BCUT2D eigenvalue weighted by molar-refractivity contribution is 6.31. The molecule has 2 aliphatic rings. The van der Waals surface area contributed by atoms with Crippen molar-refractivity contribution in [1.82, 2.24) is 0 Å². The van der Waals surface area contributed by atoms with Gasteiger partial charge >= 0.3 is 0 Å². The van der Waals surface area contributed by atoms with Gasteiger partial charge in [-0.25, -0.2) is 4.39 Å². The predicted molar refractivity (Wildman–Crippen MR) is 72.9 cm³/mol. The van der Waals surface area contributed by atoms with Crippen LogP contribution in [0.15, 0.2) is 18.2 Å². The summed E-state index contributed by atoms with van der Waals surface area (Å²) in [5.74, 6) is -3.24. The fourth-order valence-electron chi connectivity index (χ4n) is 3.81. The number of fused-ring (bicyclic) bond motifs is 2. The van der Waals surface area contributed by atoms with Crippen molar-refractivity contribution in [2.24, 2.45) is 23.7 Å². The molecule has 1 amide bonds. The second-order valence-electron chi connectivity index (χ2n) is 5.82. The van der Waals surface area contributed by atoms with Gasteiger partial charge in [0.2, 0.25) is 5.91 Å². The second kappa shape index (κ2) is 5.30. The Labute approximate surface area is 126 Å². The molecule has 2 bridgehead atoms. The Morgan fingerprint density at radius 1 is 1.24 bits per heavy atom. The Morgan fingerprint density at radius 3 is 2.52 bits per heavy atom. The smallest absolute Gasteiger partial charge is 0.228 e. The SMILES string of the molecule is O=C([O-])[C@@H]1[C@@H]2CC[C@H](C2)[C@H]1C(=O)Nc1ccc(F)c(Cl)c1. The third-order valence-electron chi connectivity index (χ3n) is 4.68. The Balaban J connectivity index is 1.78. The van der Waals surface area contributed by atoms with Gasteiger partial charge in [-0.15, -0.1) is 0 Å². The molecular weight excluding hydrogens is 297 g/mol. The maximum Gasteiger partial charge on any atom is 0.228 e. The highest BCUT2D eigenvalue weighted by Gasteiger charge is 2.51. The van der Waals surface area contributed by atoms with E-state index in [4.69, 9.17) is 11.6 Å². The summed E-state index contributed by atoms with van der Waals surface area (Å²) in [4.78, 5) is 23.7. The van der Waals surface area contributed by atoms with Gasteiger partial charge in [-0.1, -0.05) is 11.6 Å². The minimum absolute atomic E-state index is 0.0348. The number of hydrogen-bond acceptors (Lipinski definition) is 3. The zero-order chi connectivity index (χ0) is 15.1. The van der Waals surface area contributed by atoms with Crippen LogP contribution in [0.5, 0.6) is 0 Å². The first-order valence-electron chi connectivity index (χ1n) is 6.94. The van der Waals surface area contributed by atoms with Crippen molar-refractivity contribution in [3.63, 3.8) is 0 Å². The van der Waals surface area contributed by atoms with Crippen LogP contribution in [-0.4, -0.2) is 11.9 Å². The van der Waals surface area contributed by atoms with E-state index < -0.39 is 23.6 Å². The van der Waals surface area contributed by atoms with Crippen molar-refractivity contribution < 1.29 is 19.1 Å². The Bertz CT molecular complexity index is 607. The van der Waals surface area contributed by atoms with Crippen LogP contribution in [-0.2, 0) is 9.59 Å². The van der Waals surface area contributed by atoms with Crippen molar-refractivity contribution in [1.29, 1.82) is 0 Å². The van der Waals surface area contributed by atoms with E-state index >= 15 is 0 Å². The molecule has 0 saturated heterocycles. The molecule has 0 heterocycles. The Kier molecular flexibility index (Phi) is 3.61. The summed E-state index contributed by atoms with van der Waals surface area (Å²) in [5, 5.41) is 13.9. The maximum atomic E-state index is 13.1. The van der Waals surface area contributed by atoms with Crippen LogP contribution >= 0.6 is 11.6 Å². The normalized spacial score (nSPS) is 30.4. The van der Waals surface area contributed by atoms with Gasteiger partial charge in [-0.3, -0.25) is 4.79 Å². The lowest BCUT2D eigenvalue weighted by molar-refractivity contribution is -0.314. The zero-order valence-electron chi connectivity index (χ0n) is 11.1. The number of benzene rings is 1. The summed E-state index contributed by atoms with van der Waals surface area (Å²) in [5.41, 5.74) is 0.367. The van der Waals surface area contributed by atoms with E-state index in [9.17, 15) is 19.1 Å². The van der Waals surface area contributed by atoms with Crippen molar-refractivity contribution in [3.8, 4) is 0 Å².